The highest BCUT2D eigenvalue weighted by molar-refractivity contribution is 6.31. The van der Waals surface area contributed by atoms with Crippen molar-refractivity contribution < 1.29 is 14.9 Å². The van der Waals surface area contributed by atoms with Crippen molar-refractivity contribution in [2.45, 2.75) is 32.0 Å². The van der Waals surface area contributed by atoms with E-state index in [2.05, 4.69) is 5.32 Å². The third-order valence-electron chi connectivity index (χ3n) is 2.47. The van der Waals surface area contributed by atoms with Gasteiger partial charge in [-0.2, -0.15) is 0 Å². The van der Waals surface area contributed by atoms with Gasteiger partial charge in [0.05, 0.1) is 6.10 Å². The quantitative estimate of drug-likeness (QED) is 0.704. The molecule has 0 aliphatic rings. The zero-order valence-electron chi connectivity index (χ0n) is 10.1. The summed E-state index contributed by atoms with van der Waals surface area (Å²) in [5.41, 5.74) is 0.639. The van der Waals surface area contributed by atoms with Gasteiger partial charge in [0.1, 0.15) is 6.10 Å². The Morgan fingerprint density at radius 3 is 2.47 bits per heavy atom. The minimum absolute atomic E-state index is 0.491. The molecule has 96 valence electrons. The number of halogens is 1. The molecule has 1 rings (SSSR count). The molecular weight excluding hydrogens is 242 g/mol. The molecule has 0 aliphatic carbocycles. The first-order valence-electron chi connectivity index (χ1n) is 5.39. The van der Waals surface area contributed by atoms with E-state index in [0.29, 0.717) is 10.6 Å². The lowest BCUT2D eigenvalue weighted by molar-refractivity contribution is -0.251. The molecule has 0 saturated carbocycles. The van der Waals surface area contributed by atoms with Crippen LogP contribution in [0, 0.1) is 0 Å². The Balaban J connectivity index is 2.99. The minimum atomic E-state index is -1.53. The lowest BCUT2D eigenvalue weighted by Crippen LogP contribution is -2.44. The SMILES string of the molecule is CNC(C)(O)O[C@@H](c1ccccc1Cl)[C@H](C)O. The van der Waals surface area contributed by atoms with Gasteiger partial charge in [0.15, 0.2) is 0 Å². The van der Waals surface area contributed by atoms with Gasteiger partial charge < -0.3 is 14.9 Å². The van der Waals surface area contributed by atoms with Gasteiger partial charge >= 0.3 is 0 Å². The molecule has 0 bridgehead atoms. The number of hydrogen-bond donors (Lipinski definition) is 3. The smallest absolute Gasteiger partial charge is 0.222 e. The Bertz CT molecular complexity index is 369. The second-order valence-electron chi connectivity index (χ2n) is 4.03. The summed E-state index contributed by atoms with van der Waals surface area (Å²) in [5.74, 6) is -1.53. The zero-order valence-corrected chi connectivity index (χ0v) is 10.9. The molecule has 1 unspecified atom stereocenters. The van der Waals surface area contributed by atoms with E-state index in [1.54, 1.807) is 38.2 Å². The van der Waals surface area contributed by atoms with Crippen molar-refractivity contribution >= 4 is 11.6 Å². The number of aliphatic hydroxyl groups excluding tert-OH is 1. The van der Waals surface area contributed by atoms with Crippen LogP contribution in [-0.2, 0) is 4.74 Å². The van der Waals surface area contributed by atoms with E-state index in [1.807, 2.05) is 0 Å². The fourth-order valence-corrected chi connectivity index (χ4v) is 1.68. The van der Waals surface area contributed by atoms with E-state index >= 15 is 0 Å². The molecular formula is C12H18ClNO3. The number of ether oxygens (including phenoxy) is 1. The topological polar surface area (TPSA) is 61.7 Å². The second-order valence-corrected chi connectivity index (χ2v) is 4.44. The summed E-state index contributed by atoms with van der Waals surface area (Å²) in [7, 11) is 1.56. The van der Waals surface area contributed by atoms with Crippen molar-refractivity contribution in [1.29, 1.82) is 0 Å². The summed E-state index contributed by atoms with van der Waals surface area (Å²) in [6, 6.07) is 7.06. The first-order chi connectivity index (χ1) is 7.87. The van der Waals surface area contributed by atoms with Crippen molar-refractivity contribution in [2.75, 3.05) is 7.05 Å². The predicted molar refractivity (Wildman–Crippen MR) is 66.6 cm³/mol. The third kappa shape index (κ3) is 3.94. The fourth-order valence-electron chi connectivity index (χ4n) is 1.43. The highest BCUT2D eigenvalue weighted by Crippen LogP contribution is 2.30. The first-order valence-corrected chi connectivity index (χ1v) is 5.77. The van der Waals surface area contributed by atoms with Crippen molar-refractivity contribution in [3.63, 3.8) is 0 Å². The molecule has 3 N–H and O–H groups in total. The molecule has 17 heavy (non-hydrogen) atoms. The van der Waals surface area contributed by atoms with Gasteiger partial charge in [0.2, 0.25) is 5.91 Å². The molecule has 0 spiro atoms. The monoisotopic (exact) mass is 259 g/mol. The van der Waals surface area contributed by atoms with Crippen molar-refractivity contribution in [2.24, 2.45) is 0 Å². The third-order valence-corrected chi connectivity index (χ3v) is 2.81. The molecule has 0 fully saturated rings. The van der Waals surface area contributed by atoms with Gasteiger partial charge in [-0.25, -0.2) is 0 Å². The summed E-state index contributed by atoms with van der Waals surface area (Å²) >= 11 is 6.04. The largest absolute Gasteiger partial charge is 0.390 e. The molecule has 1 aromatic rings. The van der Waals surface area contributed by atoms with Gasteiger partial charge in [-0.15, -0.1) is 0 Å². The molecule has 4 nitrogen and oxygen atoms in total. The Morgan fingerprint density at radius 2 is 2.00 bits per heavy atom. The van der Waals surface area contributed by atoms with Crippen LogP contribution in [-0.4, -0.2) is 29.3 Å². The molecule has 0 heterocycles. The summed E-state index contributed by atoms with van der Waals surface area (Å²) in [5, 5.41) is 22.6. The van der Waals surface area contributed by atoms with Crippen LogP contribution in [0.4, 0.5) is 0 Å². The van der Waals surface area contributed by atoms with Gasteiger partial charge in [0.25, 0.3) is 0 Å². The maximum atomic E-state index is 9.81. The van der Waals surface area contributed by atoms with Crippen LogP contribution in [0.5, 0.6) is 0 Å². The summed E-state index contributed by atoms with van der Waals surface area (Å²) < 4.78 is 5.43. The van der Waals surface area contributed by atoms with Crippen LogP contribution < -0.4 is 5.32 Å². The average molecular weight is 260 g/mol. The molecule has 1 aromatic carbocycles. The van der Waals surface area contributed by atoms with E-state index in [0.717, 1.165) is 0 Å². The lowest BCUT2D eigenvalue weighted by atomic mass is 10.1. The maximum absolute atomic E-state index is 9.81. The van der Waals surface area contributed by atoms with E-state index in [9.17, 15) is 10.2 Å². The van der Waals surface area contributed by atoms with Crippen LogP contribution in [0.2, 0.25) is 5.02 Å². The fraction of sp³-hybridized carbons (Fsp3) is 0.500. The maximum Gasteiger partial charge on any atom is 0.222 e. The van der Waals surface area contributed by atoms with E-state index < -0.39 is 18.1 Å². The molecule has 0 amide bonds. The first kappa shape index (κ1) is 14.4. The normalized spacial score (nSPS) is 18.5. The van der Waals surface area contributed by atoms with Crippen LogP contribution >= 0.6 is 11.6 Å². The molecule has 3 atom stereocenters. The molecule has 0 saturated heterocycles. The summed E-state index contributed by atoms with van der Waals surface area (Å²) in [6.45, 7) is 3.04. The standard InChI is InChI=1S/C12H18ClNO3/c1-8(15)11(17-12(2,16)14-3)9-6-4-5-7-10(9)13/h4-8,11,14-16H,1-3H3/t8-,11+,12?/m0/s1. The van der Waals surface area contributed by atoms with E-state index in [4.69, 9.17) is 16.3 Å². The Kier molecular flexibility index (Phi) is 4.91. The van der Waals surface area contributed by atoms with Crippen molar-refractivity contribution in [3.8, 4) is 0 Å². The van der Waals surface area contributed by atoms with Crippen molar-refractivity contribution in [1.82, 2.24) is 5.32 Å². The van der Waals surface area contributed by atoms with Crippen molar-refractivity contribution in [3.05, 3.63) is 34.9 Å². The van der Waals surface area contributed by atoms with Crippen LogP contribution in [0.15, 0.2) is 24.3 Å². The van der Waals surface area contributed by atoms with Crippen LogP contribution in [0.1, 0.15) is 25.5 Å². The van der Waals surface area contributed by atoms with Gasteiger partial charge in [-0.3, -0.25) is 5.32 Å². The average Bonchev–Trinajstić information content (AvgIpc) is 2.27. The molecule has 5 heteroatoms. The molecule has 0 aromatic heterocycles. The Morgan fingerprint density at radius 1 is 1.41 bits per heavy atom. The number of hydrogen-bond acceptors (Lipinski definition) is 4. The number of nitrogens with one attached hydrogen (secondary N) is 1. The Labute approximate surface area is 106 Å². The number of rotatable bonds is 5. The van der Waals surface area contributed by atoms with Crippen LogP contribution in [0.25, 0.3) is 0 Å². The van der Waals surface area contributed by atoms with Gasteiger partial charge in [-0.1, -0.05) is 29.8 Å². The highest BCUT2D eigenvalue weighted by Gasteiger charge is 2.29. The summed E-state index contributed by atoms with van der Waals surface area (Å²) in [6.07, 6.45) is -1.50. The van der Waals surface area contributed by atoms with Crippen LogP contribution in [0.3, 0.4) is 0 Å². The lowest BCUT2D eigenvalue weighted by Gasteiger charge is -2.31. The van der Waals surface area contributed by atoms with Gasteiger partial charge in [-0.05, 0) is 20.0 Å². The predicted octanol–water partition coefficient (Wildman–Crippen LogP) is 1.66. The minimum Gasteiger partial charge on any atom is -0.390 e. The molecule has 0 radical (unpaired) electrons. The van der Waals surface area contributed by atoms with E-state index in [1.165, 1.54) is 6.92 Å². The highest BCUT2D eigenvalue weighted by atomic mass is 35.5. The zero-order chi connectivity index (χ0) is 13.1. The van der Waals surface area contributed by atoms with E-state index in [-0.39, 0.29) is 0 Å². The molecule has 0 aliphatic heterocycles. The number of aliphatic hydroxyl groups is 2. The number of benzene rings is 1. The van der Waals surface area contributed by atoms with Gasteiger partial charge in [0, 0.05) is 17.5 Å². The Hall–Kier alpha value is -0.650. The second kappa shape index (κ2) is 5.80. The summed E-state index contributed by atoms with van der Waals surface area (Å²) in [4.78, 5) is 0.